The van der Waals surface area contributed by atoms with Gasteiger partial charge in [-0.25, -0.2) is 13.2 Å². The molecule has 0 spiro atoms. The molecule has 0 saturated heterocycles. The van der Waals surface area contributed by atoms with Crippen LogP contribution in [-0.4, -0.2) is 0 Å². The molecule has 0 aliphatic rings. The monoisotopic (exact) mass is 378 g/mol. The second kappa shape index (κ2) is 9.28. The summed E-state index contributed by atoms with van der Waals surface area (Å²) in [6.07, 6.45) is 4.74. The number of rotatable bonds is 5. The van der Waals surface area contributed by atoms with Crippen LogP contribution in [0, 0.1) is 29.3 Å². The van der Waals surface area contributed by atoms with Crippen molar-refractivity contribution >= 4 is 0 Å². The fourth-order valence-electron chi connectivity index (χ4n) is 2.96. The summed E-state index contributed by atoms with van der Waals surface area (Å²) in [6.45, 7) is 2.19. The Hall–Kier alpha value is -2.99. The molecule has 3 rings (SSSR count). The average molecular weight is 378 g/mol. The Kier molecular flexibility index (Phi) is 6.55. The van der Waals surface area contributed by atoms with E-state index in [4.69, 9.17) is 0 Å². The van der Waals surface area contributed by atoms with E-state index in [1.54, 1.807) is 24.3 Å². The van der Waals surface area contributed by atoms with Crippen LogP contribution in [0.5, 0.6) is 0 Å². The van der Waals surface area contributed by atoms with Crippen LogP contribution in [0.4, 0.5) is 13.2 Å². The Morgan fingerprint density at radius 1 is 0.679 bits per heavy atom. The Bertz CT molecular complexity index is 991. The molecular weight excluding hydrogens is 357 g/mol. The summed E-state index contributed by atoms with van der Waals surface area (Å²) in [5.74, 6) is 3.12. The molecule has 0 aliphatic heterocycles. The van der Waals surface area contributed by atoms with Gasteiger partial charge in [-0.05, 0) is 54.3 Å². The minimum atomic E-state index is -1.19. The van der Waals surface area contributed by atoms with Gasteiger partial charge in [-0.1, -0.05) is 55.9 Å². The summed E-state index contributed by atoms with van der Waals surface area (Å²) in [7, 11) is 0. The lowest BCUT2D eigenvalue weighted by Gasteiger charge is -2.04. The zero-order valence-corrected chi connectivity index (χ0v) is 15.7. The van der Waals surface area contributed by atoms with Gasteiger partial charge in [0, 0.05) is 22.8 Å². The molecule has 0 N–H and O–H groups in total. The molecule has 3 heteroatoms. The first-order valence-electron chi connectivity index (χ1n) is 9.43. The lowest BCUT2D eigenvalue weighted by atomic mass is 10.0. The maximum atomic E-state index is 13.9. The first kappa shape index (κ1) is 19.8. The van der Waals surface area contributed by atoms with Crippen molar-refractivity contribution in [1.82, 2.24) is 0 Å². The molecule has 0 radical (unpaired) electrons. The number of benzene rings is 3. The zero-order valence-electron chi connectivity index (χ0n) is 15.7. The second-order valence-corrected chi connectivity index (χ2v) is 6.73. The Morgan fingerprint density at radius 3 is 1.86 bits per heavy atom. The minimum absolute atomic E-state index is 0.0251. The van der Waals surface area contributed by atoms with Gasteiger partial charge in [0.05, 0.1) is 0 Å². The van der Waals surface area contributed by atoms with Crippen LogP contribution < -0.4 is 0 Å². The number of halogens is 3. The number of unbranched alkanes of at least 4 members (excludes halogenated alkanes) is 2. The molecule has 0 unspecified atom stereocenters. The average Bonchev–Trinajstić information content (AvgIpc) is 2.71. The molecule has 0 heterocycles. The molecule has 28 heavy (non-hydrogen) atoms. The Labute approximate surface area is 164 Å². The highest BCUT2D eigenvalue weighted by Gasteiger charge is 2.11. The van der Waals surface area contributed by atoms with Gasteiger partial charge < -0.3 is 0 Å². The first-order chi connectivity index (χ1) is 13.6. The molecule has 0 aliphatic carbocycles. The number of aryl methyl sites for hydroxylation is 1. The van der Waals surface area contributed by atoms with Crippen LogP contribution in [0.25, 0.3) is 11.1 Å². The van der Waals surface area contributed by atoms with E-state index in [-0.39, 0.29) is 5.56 Å². The first-order valence-corrected chi connectivity index (χ1v) is 9.43. The maximum absolute atomic E-state index is 13.9. The third-order valence-corrected chi connectivity index (χ3v) is 4.58. The number of hydrogen-bond acceptors (Lipinski definition) is 0. The quantitative estimate of drug-likeness (QED) is 0.257. The van der Waals surface area contributed by atoms with Gasteiger partial charge in [-0.3, -0.25) is 0 Å². The predicted octanol–water partition coefficient (Wildman–Crippen LogP) is 6.90. The zero-order chi connectivity index (χ0) is 19.9. The molecule has 0 nitrogen and oxygen atoms in total. The van der Waals surface area contributed by atoms with Gasteiger partial charge in [0.15, 0.2) is 11.6 Å². The van der Waals surface area contributed by atoms with Gasteiger partial charge >= 0.3 is 0 Å². The van der Waals surface area contributed by atoms with E-state index in [0.29, 0.717) is 11.6 Å². The molecule has 0 saturated carbocycles. The third-order valence-electron chi connectivity index (χ3n) is 4.58. The lowest BCUT2D eigenvalue weighted by Crippen LogP contribution is -1.91. The Morgan fingerprint density at radius 2 is 1.25 bits per heavy atom. The topological polar surface area (TPSA) is 0 Å². The van der Waals surface area contributed by atoms with E-state index in [2.05, 4.69) is 30.9 Å². The van der Waals surface area contributed by atoms with Crippen molar-refractivity contribution in [2.75, 3.05) is 0 Å². The molecule has 0 aromatic heterocycles. The van der Waals surface area contributed by atoms with Crippen molar-refractivity contribution in [2.45, 2.75) is 32.6 Å². The summed E-state index contributed by atoms with van der Waals surface area (Å²) < 4.78 is 40.3. The summed E-state index contributed by atoms with van der Waals surface area (Å²) in [5, 5.41) is 0. The molecular formula is C25H21F3. The Balaban J connectivity index is 1.71. The number of hydrogen-bond donors (Lipinski definition) is 0. The van der Waals surface area contributed by atoms with E-state index in [0.717, 1.165) is 23.6 Å². The van der Waals surface area contributed by atoms with E-state index in [1.165, 1.54) is 24.8 Å². The standard InChI is InChI=1S/C25H21F3/c1-2-3-4-5-18-6-8-19(9-7-18)10-11-20-12-14-21(15-13-20)22-16-24(27)25(28)17-23(22)26/h6-9,12-17H,2-5H2,1H3. The fourth-order valence-corrected chi connectivity index (χ4v) is 2.96. The van der Waals surface area contributed by atoms with Crippen molar-refractivity contribution in [1.29, 1.82) is 0 Å². The minimum Gasteiger partial charge on any atom is -0.206 e. The normalized spacial score (nSPS) is 10.4. The van der Waals surface area contributed by atoms with E-state index >= 15 is 0 Å². The van der Waals surface area contributed by atoms with Crippen LogP contribution in [0.3, 0.4) is 0 Å². The van der Waals surface area contributed by atoms with Crippen molar-refractivity contribution in [2.24, 2.45) is 0 Å². The maximum Gasteiger partial charge on any atom is 0.161 e. The van der Waals surface area contributed by atoms with Crippen LogP contribution in [0.2, 0.25) is 0 Å². The summed E-state index contributed by atoms with van der Waals surface area (Å²) in [6, 6.07) is 16.4. The van der Waals surface area contributed by atoms with E-state index in [9.17, 15) is 13.2 Å². The SMILES string of the molecule is CCCCCc1ccc(C#Cc2ccc(-c3cc(F)c(F)cc3F)cc2)cc1. The van der Waals surface area contributed by atoms with Crippen molar-refractivity contribution in [3.05, 3.63) is 94.8 Å². The molecule has 0 fully saturated rings. The van der Waals surface area contributed by atoms with Crippen LogP contribution in [-0.2, 0) is 6.42 Å². The van der Waals surface area contributed by atoms with Gasteiger partial charge in [0.1, 0.15) is 5.82 Å². The van der Waals surface area contributed by atoms with Gasteiger partial charge in [0.25, 0.3) is 0 Å². The van der Waals surface area contributed by atoms with Crippen LogP contribution in [0.15, 0.2) is 60.7 Å². The summed E-state index contributed by atoms with van der Waals surface area (Å²) in [4.78, 5) is 0. The predicted molar refractivity (Wildman–Crippen MR) is 107 cm³/mol. The van der Waals surface area contributed by atoms with Crippen LogP contribution in [0.1, 0.15) is 42.9 Å². The fraction of sp³-hybridized carbons (Fsp3) is 0.200. The summed E-state index contributed by atoms with van der Waals surface area (Å²) >= 11 is 0. The van der Waals surface area contributed by atoms with Crippen molar-refractivity contribution in [3.8, 4) is 23.0 Å². The highest BCUT2D eigenvalue weighted by molar-refractivity contribution is 5.65. The van der Waals surface area contributed by atoms with Gasteiger partial charge in [-0.2, -0.15) is 0 Å². The van der Waals surface area contributed by atoms with E-state index < -0.39 is 17.5 Å². The molecule has 0 atom stereocenters. The molecule has 0 bridgehead atoms. The van der Waals surface area contributed by atoms with E-state index in [1.807, 2.05) is 12.1 Å². The highest BCUT2D eigenvalue weighted by atomic mass is 19.2. The van der Waals surface area contributed by atoms with Crippen LogP contribution >= 0.6 is 0 Å². The third kappa shape index (κ3) is 5.04. The molecule has 3 aromatic rings. The van der Waals surface area contributed by atoms with Crippen molar-refractivity contribution < 1.29 is 13.2 Å². The largest absolute Gasteiger partial charge is 0.206 e. The smallest absolute Gasteiger partial charge is 0.161 e. The lowest BCUT2D eigenvalue weighted by molar-refractivity contribution is 0.496. The van der Waals surface area contributed by atoms with Gasteiger partial charge in [0.2, 0.25) is 0 Å². The highest BCUT2D eigenvalue weighted by Crippen LogP contribution is 2.25. The summed E-state index contributed by atoms with van der Waals surface area (Å²) in [5.41, 5.74) is 3.50. The van der Waals surface area contributed by atoms with Crippen molar-refractivity contribution in [3.63, 3.8) is 0 Å². The van der Waals surface area contributed by atoms with Gasteiger partial charge in [-0.15, -0.1) is 0 Å². The second-order valence-electron chi connectivity index (χ2n) is 6.73. The molecule has 3 aromatic carbocycles. The molecule has 142 valence electrons. The molecule has 0 amide bonds.